The van der Waals surface area contributed by atoms with Gasteiger partial charge in [-0.25, -0.2) is 0 Å². The molecule has 2 atom stereocenters. The normalized spacial score (nSPS) is 15.9. The minimum Gasteiger partial charge on any atom is -0.374 e. The van der Waals surface area contributed by atoms with Crippen LogP contribution in [0.2, 0.25) is 0 Å². The molecule has 3 amide bonds. The second kappa shape index (κ2) is 12.7. The van der Waals surface area contributed by atoms with Crippen molar-refractivity contribution in [1.82, 2.24) is 15.6 Å². The van der Waals surface area contributed by atoms with Crippen molar-refractivity contribution in [2.45, 2.75) is 57.2 Å². The summed E-state index contributed by atoms with van der Waals surface area (Å²) in [5.74, 6) is -1.14. The van der Waals surface area contributed by atoms with Crippen LogP contribution in [0.1, 0.15) is 54.4 Å². The molecule has 8 heteroatoms. The molecule has 0 saturated heterocycles. The van der Waals surface area contributed by atoms with E-state index in [2.05, 4.69) is 15.6 Å². The van der Waals surface area contributed by atoms with Crippen molar-refractivity contribution in [3.05, 3.63) is 66.0 Å². The van der Waals surface area contributed by atoms with Crippen LogP contribution in [-0.2, 0) is 20.9 Å². The standard InChI is InChI=1S/C25H32N4O4/c26-23(30)22(17-33-16-19-9-5-2-6-10-19)29-25(32)21(15-18-7-3-1-4-8-18)28-24(31)20-11-13-27-14-12-20/h2,5-6,9-14,18,21-22H,1,3-4,7-8,15-17H2,(H2,26,30)(H,28,31)(H,29,32)/t21-,22-/m0/s1. The molecular weight excluding hydrogens is 420 g/mol. The quantitative estimate of drug-likeness (QED) is 0.483. The van der Waals surface area contributed by atoms with E-state index in [1.165, 1.54) is 18.8 Å². The molecule has 0 bridgehead atoms. The van der Waals surface area contributed by atoms with E-state index in [1.54, 1.807) is 12.1 Å². The number of pyridine rings is 1. The minimum atomic E-state index is -0.993. The molecule has 1 aliphatic carbocycles. The molecule has 1 fully saturated rings. The van der Waals surface area contributed by atoms with Gasteiger partial charge < -0.3 is 21.1 Å². The summed E-state index contributed by atoms with van der Waals surface area (Å²) in [6, 6.07) is 10.9. The van der Waals surface area contributed by atoms with Gasteiger partial charge in [0.15, 0.2) is 0 Å². The molecule has 8 nitrogen and oxygen atoms in total. The Morgan fingerprint density at radius 3 is 2.33 bits per heavy atom. The van der Waals surface area contributed by atoms with Gasteiger partial charge in [-0.3, -0.25) is 19.4 Å². The van der Waals surface area contributed by atoms with Crippen LogP contribution in [0.25, 0.3) is 0 Å². The molecule has 1 heterocycles. The summed E-state index contributed by atoms with van der Waals surface area (Å²) in [6.07, 6.45) is 9.04. The van der Waals surface area contributed by atoms with Crippen LogP contribution >= 0.6 is 0 Å². The summed E-state index contributed by atoms with van der Waals surface area (Å²) < 4.78 is 5.61. The van der Waals surface area contributed by atoms with Gasteiger partial charge in [0.2, 0.25) is 11.8 Å². The molecule has 1 aromatic carbocycles. The smallest absolute Gasteiger partial charge is 0.252 e. The molecule has 1 aliphatic rings. The first-order valence-corrected chi connectivity index (χ1v) is 11.4. The van der Waals surface area contributed by atoms with Gasteiger partial charge in [-0.2, -0.15) is 0 Å². The molecule has 176 valence electrons. The number of ether oxygens (including phenoxy) is 1. The summed E-state index contributed by atoms with van der Waals surface area (Å²) in [7, 11) is 0. The van der Waals surface area contributed by atoms with Crippen molar-refractivity contribution in [3.8, 4) is 0 Å². The molecule has 0 aliphatic heterocycles. The number of nitrogens with one attached hydrogen (secondary N) is 2. The monoisotopic (exact) mass is 452 g/mol. The Kier molecular flexibility index (Phi) is 9.38. The molecule has 0 radical (unpaired) electrons. The van der Waals surface area contributed by atoms with Gasteiger partial charge in [-0.05, 0) is 30.0 Å². The first kappa shape index (κ1) is 24.4. The number of amides is 3. The third kappa shape index (κ3) is 7.98. The predicted octanol–water partition coefficient (Wildman–Crippen LogP) is 2.34. The van der Waals surface area contributed by atoms with Gasteiger partial charge in [-0.15, -0.1) is 0 Å². The van der Waals surface area contributed by atoms with Crippen LogP contribution in [0.5, 0.6) is 0 Å². The van der Waals surface area contributed by atoms with Gasteiger partial charge in [0, 0.05) is 18.0 Å². The highest BCUT2D eigenvalue weighted by molar-refractivity contribution is 5.98. The number of aromatic nitrogens is 1. The van der Waals surface area contributed by atoms with Crippen molar-refractivity contribution in [2.75, 3.05) is 6.61 Å². The van der Waals surface area contributed by atoms with E-state index >= 15 is 0 Å². The highest BCUT2D eigenvalue weighted by Gasteiger charge is 2.29. The van der Waals surface area contributed by atoms with Crippen molar-refractivity contribution in [3.63, 3.8) is 0 Å². The molecule has 4 N–H and O–H groups in total. The molecule has 0 unspecified atom stereocenters. The first-order chi connectivity index (χ1) is 16.0. The SMILES string of the molecule is NC(=O)[C@H](COCc1ccccc1)NC(=O)[C@H](CC1CCCCC1)NC(=O)c1ccncc1. The average Bonchev–Trinajstić information content (AvgIpc) is 2.84. The molecule has 0 spiro atoms. The van der Waals surface area contributed by atoms with Crippen LogP contribution < -0.4 is 16.4 Å². The largest absolute Gasteiger partial charge is 0.374 e. The molecule has 1 aromatic heterocycles. The third-order valence-electron chi connectivity index (χ3n) is 5.91. The fourth-order valence-electron chi connectivity index (χ4n) is 4.07. The van der Waals surface area contributed by atoms with E-state index in [9.17, 15) is 14.4 Å². The Balaban J connectivity index is 1.62. The van der Waals surface area contributed by atoms with Crippen molar-refractivity contribution >= 4 is 17.7 Å². The summed E-state index contributed by atoms with van der Waals surface area (Å²) in [4.78, 5) is 41.7. The van der Waals surface area contributed by atoms with E-state index in [-0.39, 0.29) is 12.5 Å². The minimum absolute atomic E-state index is 0.0512. The van der Waals surface area contributed by atoms with Gasteiger partial charge in [0.25, 0.3) is 5.91 Å². The Hall–Kier alpha value is -3.26. The fourth-order valence-corrected chi connectivity index (χ4v) is 4.07. The van der Waals surface area contributed by atoms with Crippen molar-refractivity contribution in [1.29, 1.82) is 0 Å². The summed E-state index contributed by atoms with van der Waals surface area (Å²) in [5.41, 5.74) is 6.88. The number of carbonyl (C=O) groups excluding carboxylic acids is 3. The van der Waals surface area contributed by atoms with Crippen LogP contribution in [-0.4, -0.2) is 41.4 Å². The number of carbonyl (C=O) groups is 3. The lowest BCUT2D eigenvalue weighted by Gasteiger charge is -2.27. The molecule has 33 heavy (non-hydrogen) atoms. The van der Waals surface area contributed by atoms with Crippen molar-refractivity contribution < 1.29 is 19.1 Å². The Morgan fingerprint density at radius 2 is 1.67 bits per heavy atom. The predicted molar refractivity (Wildman–Crippen MR) is 124 cm³/mol. The van der Waals surface area contributed by atoms with E-state index in [1.807, 2.05) is 30.3 Å². The molecular formula is C25H32N4O4. The maximum atomic E-state index is 13.1. The number of nitrogens with two attached hydrogens (primary N) is 1. The van der Waals surface area contributed by atoms with E-state index in [4.69, 9.17) is 10.5 Å². The third-order valence-corrected chi connectivity index (χ3v) is 5.91. The number of hydrogen-bond donors (Lipinski definition) is 3. The highest BCUT2D eigenvalue weighted by atomic mass is 16.5. The van der Waals surface area contributed by atoms with E-state index in [0.717, 1.165) is 31.2 Å². The lowest BCUT2D eigenvalue weighted by Crippen LogP contribution is -2.54. The zero-order valence-corrected chi connectivity index (χ0v) is 18.7. The van der Waals surface area contributed by atoms with Crippen LogP contribution in [0.4, 0.5) is 0 Å². The van der Waals surface area contributed by atoms with Gasteiger partial charge in [-0.1, -0.05) is 62.4 Å². The van der Waals surface area contributed by atoms with Gasteiger partial charge in [0.1, 0.15) is 12.1 Å². The molecule has 2 aromatic rings. The number of nitrogens with zero attached hydrogens (tertiary/aromatic N) is 1. The second-order valence-electron chi connectivity index (χ2n) is 8.47. The first-order valence-electron chi connectivity index (χ1n) is 11.4. The summed E-state index contributed by atoms with van der Waals surface area (Å²) >= 11 is 0. The highest BCUT2D eigenvalue weighted by Crippen LogP contribution is 2.27. The fraction of sp³-hybridized carbons (Fsp3) is 0.440. The zero-order chi connectivity index (χ0) is 23.5. The number of benzene rings is 1. The average molecular weight is 453 g/mol. The lowest BCUT2D eigenvalue weighted by atomic mass is 9.84. The van der Waals surface area contributed by atoms with E-state index in [0.29, 0.717) is 24.5 Å². The van der Waals surface area contributed by atoms with Gasteiger partial charge in [0.05, 0.1) is 13.2 Å². The topological polar surface area (TPSA) is 123 Å². The Morgan fingerprint density at radius 1 is 0.970 bits per heavy atom. The Labute approximate surface area is 194 Å². The Bertz CT molecular complexity index is 901. The van der Waals surface area contributed by atoms with E-state index < -0.39 is 23.9 Å². The number of hydrogen-bond acceptors (Lipinski definition) is 5. The number of primary amides is 1. The lowest BCUT2D eigenvalue weighted by molar-refractivity contribution is -0.130. The van der Waals surface area contributed by atoms with Crippen LogP contribution in [0, 0.1) is 5.92 Å². The summed E-state index contributed by atoms with van der Waals surface area (Å²) in [5, 5.41) is 5.52. The molecule has 1 saturated carbocycles. The van der Waals surface area contributed by atoms with Crippen LogP contribution in [0.3, 0.4) is 0 Å². The summed E-state index contributed by atoms with van der Waals surface area (Å²) in [6.45, 7) is 0.245. The maximum Gasteiger partial charge on any atom is 0.252 e. The molecule has 3 rings (SSSR count). The zero-order valence-electron chi connectivity index (χ0n) is 18.7. The second-order valence-corrected chi connectivity index (χ2v) is 8.47. The maximum absolute atomic E-state index is 13.1. The van der Waals surface area contributed by atoms with Crippen molar-refractivity contribution in [2.24, 2.45) is 11.7 Å². The number of rotatable bonds is 11. The van der Waals surface area contributed by atoms with Gasteiger partial charge >= 0.3 is 0 Å². The van der Waals surface area contributed by atoms with Crippen LogP contribution in [0.15, 0.2) is 54.9 Å².